The molecule has 7 nitrogen and oxygen atoms in total. The average molecular weight is 573 g/mol. The molecule has 3 aromatic rings. The Hall–Kier alpha value is -2.49. The number of ether oxygens (including phenoxy) is 2. The number of sulfonamides is 1. The molecule has 1 atom stereocenters. The first kappa shape index (κ1) is 28.1. The number of halogens is 3. The molecule has 36 heavy (non-hydrogen) atoms. The van der Waals surface area contributed by atoms with Gasteiger partial charge in [-0.25, -0.2) is 13.2 Å². The van der Waals surface area contributed by atoms with E-state index in [0.29, 0.717) is 31.1 Å². The van der Waals surface area contributed by atoms with Crippen LogP contribution in [-0.4, -0.2) is 38.8 Å². The maximum Gasteiger partial charge on any atom is 0.333 e. The summed E-state index contributed by atoms with van der Waals surface area (Å²) >= 11 is 17.9. The summed E-state index contributed by atoms with van der Waals surface area (Å²) in [6.45, 7) is 2.43. The van der Waals surface area contributed by atoms with Gasteiger partial charge in [0.05, 0.1) is 21.7 Å². The van der Waals surface area contributed by atoms with Gasteiger partial charge in [0.2, 0.25) is 0 Å². The topological polar surface area (TPSA) is 102 Å². The van der Waals surface area contributed by atoms with Gasteiger partial charge in [0.25, 0.3) is 10.0 Å². The van der Waals surface area contributed by atoms with E-state index in [2.05, 4.69) is 4.72 Å². The quantitative estimate of drug-likeness (QED) is 0.254. The normalized spacial score (nSPS) is 12.2. The number of carboxylic acids is 1. The molecule has 1 unspecified atom stereocenters. The number of carboxylic acid groups (broad SMARTS) is 1. The summed E-state index contributed by atoms with van der Waals surface area (Å²) < 4.78 is 39.1. The number of rotatable bonds is 12. The van der Waals surface area contributed by atoms with Crippen LogP contribution in [0.3, 0.4) is 0 Å². The molecule has 2 N–H and O–H groups in total. The van der Waals surface area contributed by atoms with Crippen molar-refractivity contribution in [2.24, 2.45) is 0 Å². The minimum atomic E-state index is -3.99. The molecular formula is C25H24Cl3NO6S. The maximum absolute atomic E-state index is 12.8. The summed E-state index contributed by atoms with van der Waals surface area (Å²) in [5.41, 5.74) is 2.04. The molecule has 11 heteroatoms. The smallest absolute Gasteiger partial charge is 0.333 e. The third-order valence-electron chi connectivity index (χ3n) is 5.09. The lowest BCUT2D eigenvalue weighted by atomic mass is 10.1. The number of benzene rings is 3. The van der Waals surface area contributed by atoms with E-state index in [0.717, 1.165) is 11.1 Å². The molecule has 0 aliphatic rings. The Balaban J connectivity index is 1.58. The first-order valence-electron chi connectivity index (χ1n) is 10.9. The Bertz CT molecular complexity index is 1320. The first-order valence-corrected chi connectivity index (χ1v) is 13.5. The van der Waals surface area contributed by atoms with Crippen molar-refractivity contribution in [2.75, 3.05) is 17.9 Å². The number of hydrogen-bond acceptors (Lipinski definition) is 5. The van der Waals surface area contributed by atoms with E-state index in [4.69, 9.17) is 44.3 Å². The zero-order valence-electron chi connectivity index (χ0n) is 19.2. The third-order valence-corrected chi connectivity index (χ3v) is 7.66. The molecule has 0 spiro atoms. The summed E-state index contributed by atoms with van der Waals surface area (Å²) in [5, 5.41) is 9.42. The summed E-state index contributed by atoms with van der Waals surface area (Å²) in [7, 11) is -3.99. The van der Waals surface area contributed by atoms with Crippen LogP contribution in [0.15, 0.2) is 65.6 Å². The van der Waals surface area contributed by atoms with Crippen LogP contribution >= 0.6 is 34.8 Å². The molecular weight excluding hydrogens is 549 g/mol. The molecule has 0 aliphatic carbocycles. The Morgan fingerprint density at radius 1 is 0.972 bits per heavy atom. The van der Waals surface area contributed by atoms with Gasteiger partial charge in [0.1, 0.15) is 10.6 Å². The summed E-state index contributed by atoms with van der Waals surface area (Å²) in [6.07, 6.45) is -0.102. The zero-order valence-corrected chi connectivity index (χ0v) is 22.3. The zero-order chi connectivity index (χ0) is 26.3. The summed E-state index contributed by atoms with van der Waals surface area (Å²) in [4.78, 5) is 11.1. The van der Waals surface area contributed by atoms with Crippen molar-refractivity contribution in [2.45, 2.75) is 30.8 Å². The molecule has 0 aliphatic heterocycles. The molecule has 0 saturated heterocycles. The monoisotopic (exact) mass is 571 g/mol. The highest BCUT2D eigenvalue weighted by Crippen LogP contribution is 2.32. The van der Waals surface area contributed by atoms with Crippen LogP contribution in [0.1, 0.15) is 18.1 Å². The highest BCUT2D eigenvalue weighted by molar-refractivity contribution is 7.92. The van der Waals surface area contributed by atoms with Gasteiger partial charge in [-0.1, -0.05) is 59.1 Å². The molecule has 0 saturated carbocycles. The Morgan fingerprint density at radius 3 is 2.33 bits per heavy atom. The van der Waals surface area contributed by atoms with E-state index in [-0.39, 0.29) is 26.4 Å². The third kappa shape index (κ3) is 7.75. The molecule has 0 aromatic heterocycles. The van der Waals surface area contributed by atoms with Crippen molar-refractivity contribution in [1.29, 1.82) is 0 Å². The van der Waals surface area contributed by atoms with E-state index in [1.54, 1.807) is 49.4 Å². The summed E-state index contributed by atoms with van der Waals surface area (Å²) in [6, 6.07) is 16.5. The lowest BCUT2D eigenvalue weighted by Crippen LogP contribution is -2.26. The number of aliphatic carboxylic acids is 1. The van der Waals surface area contributed by atoms with Gasteiger partial charge in [0, 0.05) is 25.1 Å². The van der Waals surface area contributed by atoms with Crippen LogP contribution in [-0.2, 0) is 32.4 Å². The number of carbonyl (C=O) groups is 1. The summed E-state index contributed by atoms with van der Waals surface area (Å²) in [5.74, 6) is -0.366. The SMILES string of the molecule is CCOC(Cc1ccc(OCCc2cccc(NS(=O)(=O)c3cc(Cl)c(Cl)cc3Cl)c2)cc1)C(=O)O. The van der Waals surface area contributed by atoms with Gasteiger partial charge in [-0.3, -0.25) is 4.72 Å². The van der Waals surface area contributed by atoms with Crippen LogP contribution in [0.2, 0.25) is 15.1 Å². The molecule has 3 aromatic carbocycles. The second-order valence-corrected chi connectivity index (χ2v) is 10.6. The molecule has 0 fully saturated rings. The van der Waals surface area contributed by atoms with Gasteiger partial charge in [-0.05, 0) is 54.4 Å². The highest BCUT2D eigenvalue weighted by Gasteiger charge is 2.20. The van der Waals surface area contributed by atoms with Crippen molar-refractivity contribution < 1.29 is 27.8 Å². The van der Waals surface area contributed by atoms with Crippen LogP contribution in [0.4, 0.5) is 5.69 Å². The predicted octanol–water partition coefficient (Wildman–Crippen LogP) is 6.10. The van der Waals surface area contributed by atoms with Crippen molar-refractivity contribution in [3.05, 3.63) is 86.9 Å². The van der Waals surface area contributed by atoms with E-state index in [1.165, 1.54) is 12.1 Å². The largest absolute Gasteiger partial charge is 0.493 e. The maximum atomic E-state index is 12.8. The van der Waals surface area contributed by atoms with Gasteiger partial charge in [0.15, 0.2) is 6.10 Å². The minimum Gasteiger partial charge on any atom is -0.493 e. The molecule has 192 valence electrons. The molecule has 0 radical (unpaired) electrons. The van der Waals surface area contributed by atoms with Gasteiger partial charge in [-0.15, -0.1) is 0 Å². The van der Waals surface area contributed by atoms with Crippen LogP contribution < -0.4 is 9.46 Å². The Kier molecular flexibility index (Phi) is 9.87. The van der Waals surface area contributed by atoms with E-state index in [1.807, 2.05) is 6.07 Å². The van der Waals surface area contributed by atoms with Crippen molar-refractivity contribution in [3.8, 4) is 5.75 Å². The fourth-order valence-corrected chi connectivity index (χ4v) is 5.40. The molecule has 3 rings (SSSR count). The minimum absolute atomic E-state index is 0.0381. The van der Waals surface area contributed by atoms with Crippen LogP contribution in [0.25, 0.3) is 0 Å². The lowest BCUT2D eigenvalue weighted by molar-refractivity contribution is -0.149. The predicted molar refractivity (Wildman–Crippen MR) is 141 cm³/mol. The molecule has 0 heterocycles. The molecule has 0 amide bonds. The Labute approximate surface area is 225 Å². The number of nitrogens with one attached hydrogen (secondary N) is 1. The average Bonchev–Trinajstić information content (AvgIpc) is 2.82. The number of anilines is 1. The van der Waals surface area contributed by atoms with Crippen LogP contribution in [0, 0.1) is 0 Å². The fourth-order valence-electron chi connectivity index (χ4n) is 3.35. The second kappa shape index (κ2) is 12.7. The van der Waals surface area contributed by atoms with E-state index in [9.17, 15) is 18.3 Å². The van der Waals surface area contributed by atoms with Crippen LogP contribution in [0.5, 0.6) is 5.75 Å². The van der Waals surface area contributed by atoms with Gasteiger partial charge in [-0.2, -0.15) is 0 Å². The van der Waals surface area contributed by atoms with Gasteiger partial charge >= 0.3 is 5.97 Å². The first-order chi connectivity index (χ1) is 17.1. The highest BCUT2D eigenvalue weighted by atomic mass is 35.5. The van der Waals surface area contributed by atoms with Crippen molar-refractivity contribution >= 4 is 56.5 Å². The molecule has 0 bridgehead atoms. The lowest BCUT2D eigenvalue weighted by Gasteiger charge is -2.13. The van der Waals surface area contributed by atoms with Gasteiger partial charge < -0.3 is 14.6 Å². The van der Waals surface area contributed by atoms with E-state index < -0.39 is 22.1 Å². The Morgan fingerprint density at radius 2 is 1.67 bits per heavy atom. The second-order valence-electron chi connectivity index (χ2n) is 7.73. The fraction of sp³-hybridized carbons (Fsp3) is 0.240. The van der Waals surface area contributed by atoms with Crippen molar-refractivity contribution in [1.82, 2.24) is 0 Å². The number of hydrogen-bond donors (Lipinski definition) is 2. The van der Waals surface area contributed by atoms with Crippen molar-refractivity contribution in [3.63, 3.8) is 0 Å². The standard InChI is InChI=1S/C25H24Cl3NO6S/c1-2-34-23(25(30)31)13-17-6-8-19(9-7-17)35-11-10-16-4-3-5-18(12-16)29-36(32,33)24-15-21(27)20(26)14-22(24)28/h3-9,12,14-15,23,29H,2,10-11,13H2,1H3,(H,30,31). The van der Waals surface area contributed by atoms with E-state index >= 15 is 0 Å².